The van der Waals surface area contributed by atoms with Gasteiger partial charge in [0, 0.05) is 27.1 Å². The minimum Gasteiger partial charge on any atom is -0.385 e. The molecule has 4 atom stereocenters. The largest absolute Gasteiger partial charge is 0.391 e. The molecule has 0 rings (SSSR count). The van der Waals surface area contributed by atoms with Crippen LogP contribution in [-0.4, -0.2) is 67.0 Å². The van der Waals surface area contributed by atoms with Crippen LogP contribution in [0.5, 0.6) is 0 Å². The van der Waals surface area contributed by atoms with Gasteiger partial charge in [-0.2, -0.15) is 26.3 Å². The lowest BCUT2D eigenvalue weighted by Crippen LogP contribution is -2.38. The highest BCUT2D eigenvalue weighted by molar-refractivity contribution is 5.86. The first-order valence-electron chi connectivity index (χ1n) is 6.88. The summed E-state index contributed by atoms with van der Waals surface area (Å²) < 4.78 is 82.6. The molecule has 5 nitrogen and oxygen atoms in total. The normalized spacial score (nSPS) is 18.1. The summed E-state index contributed by atoms with van der Waals surface area (Å²) in [5.41, 5.74) is 0. The minimum atomic E-state index is -4.59. The number of halogens is 6. The fourth-order valence-electron chi connectivity index (χ4n) is 1.99. The Bertz CT molecular complexity index is 350. The van der Waals surface area contributed by atoms with Crippen molar-refractivity contribution in [2.24, 2.45) is 0 Å². The van der Waals surface area contributed by atoms with E-state index in [9.17, 15) is 41.4 Å². The highest BCUT2D eigenvalue weighted by Crippen LogP contribution is 2.27. The molecular formula is C13H20F6O5. The highest BCUT2D eigenvalue weighted by Gasteiger charge is 2.37. The zero-order valence-electron chi connectivity index (χ0n) is 13.0. The van der Waals surface area contributed by atoms with Crippen LogP contribution in [0.2, 0.25) is 0 Å². The number of Topliss-reactive ketones (excluding diaryl/α,β-unsaturated/α-hetero) is 1. The number of rotatable bonds is 10. The zero-order valence-corrected chi connectivity index (χ0v) is 13.0. The van der Waals surface area contributed by atoms with Crippen molar-refractivity contribution in [2.75, 3.05) is 14.2 Å². The topological polar surface area (TPSA) is 76.0 Å². The van der Waals surface area contributed by atoms with E-state index in [2.05, 4.69) is 9.47 Å². The van der Waals surface area contributed by atoms with Gasteiger partial charge in [-0.05, 0) is 0 Å². The number of hydrogen-bond acceptors (Lipinski definition) is 5. The molecule has 0 spiro atoms. The van der Waals surface area contributed by atoms with Crippen LogP contribution in [0.1, 0.15) is 25.7 Å². The summed E-state index contributed by atoms with van der Waals surface area (Å²) in [7, 11) is 1.91. The molecule has 2 N–H and O–H groups in total. The maximum Gasteiger partial charge on any atom is 0.391 e. The summed E-state index contributed by atoms with van der Waals surface area (Å²) in [6, 6.07) is 0. The van der Waals surface area contributed by atoms with Crippen molar-refractivity contribution in [3.05, 3.63) is 0 Å². The second-order valence-electron chi connectivity index (χ2n) is 5.26. The molecule has 0 aromatic carbocycles. The van der Waals surface area contributed by atoms with Crippen LogP contribution in [0.4, 0.5) is 26.3 Å². The van der Waals surface area contributed by atoms with Gasteiger partial charge in [0.1, 0.15) is 12.2 Å². The number of aliphatic hydroxyl groups excluding tert-OH is 2. The Morgan fingerprint density at radius 2 is 1.12 bits per heavy atom. The molecule has 0 aliphatic rings. The van der Waals surface area contributed by atoms with E-state index in [-0.39, 0.29) is 0 Å². The van der Waals surface area contributed by atoms with Crippen molar-refractivity contribution in [2.45, 2.75) is 62.5 Å². The van der Waals surface area contributed by atoms with Crippen LogP contribution >= 0.6 is 0 Å². The average Bonchev–Trinajstić information content (AvgIpc) is 2.41. The molecular weight excluding hydrogens is 350 g/mol. The summed E-state index contributed by atoms with van der Waals surface area (Å²) >= 11 is 0. The van der Waals surface area contributed by atoms with Gasteiger partial charge in [-0.15, -0.1) is 0 Å². The van der Waals surface area contributed by atoms with Crippen LogP contribution in [-0.2, 0) is 14.3 Å². The van der Waals surface area contributed by atoms with E-state index in [1.165, 1.54) is 0 Å². The Kier molecular flexibility index (Phi) is 9.18. The second kappa shape index (κ2) is 9.54. The molecule has 2 unspecified atom stereocenters. The van der Waals surface area contributed by atoms with Crippen molar-refractivity contribution in [3.63, 3.8) is 0 Å². The van der Waals surface area contributed by atoms with Gasteiger partial charge >= 0.3 is 12.4 Å². The molecule has 0 saturated heterocycles. The van der Waals surface area contributed by atoms with E-state index < -0.39 is 68.2 Å². The number of ether oxygens (including phenoxy) is 2. The van der Waals surface area contributed by atoms with Gasteiger partial charge in [0.25, 0.3) is 0 Å². The summed E-state index contributed by atoms with van der Waals surface area (Å²) in [5.74, 6) is -1.29. The standard InChI is InChI=1S/C13H20F6O5/c1-23-7(5-12(14,15)16)3-9(20)11(22)10(21)4-8(24-2)6-13(17,18)19/h7-10,20-21H,3-6H2,1-2H3/t7?,8?,9-,10-/m1/s1. The van der Waals surface area contributed by atoms with Crippen LogP contribution in [0.15, 0.2) is 0 Å². The molecule has 0 amide bonds. The van der Waals surface area contributed by atoms with Crippen molar-refractivity contribution < 1.29 is 50.8 Å². The molecule has 0 bridgehead atoms. The third-order valence-corrected chi connectivity index (χ3v) is 3.21. The highest BCUT2D eigenvalue weighted by atomic mass is 19.4. The van der Waals surface area contributed by atoms with Gasteiger partial charge in [-0.3, -0.25) is 4.79 Å². The van der Waals surface area contributed by atoms with E-state index in [0.717, 1.165) is 14.2 Å². The number of ketones is 1. The van der Waals surface area contributed by atoms with Crippen molar-refractivity contribution in [1.82, 2.24) is 0 Å². The molecule has 0 heterocycles. The van der Waals surface area contributed by atoms with Crippen LogP contribution in [0, 0.1) is 0 Å². The van der Waals surface area contributed by atoms with Gasteiger partial charge in [0.15, 0.2) is 5.78 Å². The summed E-state index contributed by atoms with van der Waals surface area (Å²) in [5, 5.41) is 19.2. The first-order valence-corrected chi connectivity index (χ1v) is 6.88. The van der Waals surface area contributed by atoms with Crippen LogP contribution in [0.25, 0.3) is 0 Å². The third kappa shape index (κ3) is 10.1. The predicted octanol–water partition coefficient (Wildman–Crippen LogP) is 1.99. The molecule has 0 aliphatic carbocycles. The zero-order chi connectivity index (χ0) is 19.1. The van der Waals surface area contributed by atoms with Crippen LogP contribution in [0.3, 0.4) is 0 Å². The molecule has 24 heavy (non-hydrogen) atoms. The first-order chi connectivity index (χ1) is 10.8. The van der Waals surface area contributed by atoms with Crippen LogP contribution < -0.4 is 0 Å². The van der Waals surface area contributed by atoms with Crippen molar-refractivity contribution in [3.8, 4) is 0 Å². The predicted molar refractivity (Wildman–Crippen MR) is 69.2 cm³/mol. The monoisotopic (exact) mass is 370 g/mol. The average molecular weight is 370 g/mol. The van der Waals surface area contributed by atoms with Crippen molar-refractivity contribution in [1.29, 1.82) is 0 Å². The fraction of sp³-hybridized carbons (Fsp3) is 0.923. The smallest absolute Gasteiger partial charge is 0.385 e. The minimum absolute atomic E-state index is 0.747. The summed E-state index contributed by atoms with van der Waals surface area (Å²) in [6.07, 6.45) is -20.6. The van der Waals surface area contributed by atoms with Gasteiger partial charge in [-0.1, -0.05) is 0 Å². The first kappa shape index (κ1) is 23.1. The van der Waals surface area contributed by atoms with E-state index in [0.29, 0.717) is 0 Å². The van der Waals surface area contributed by atoms with E-state index >= 15 is 0 Å². The maximum atomic E-state index is 12.3. The number of carbonyl (C=O) groups excluding carboxylic acids is 1. The van der Waals surface area contributed by atoms with E-state index in [1.54, 1.807) is 0 Å². The molecule has 11 heteroatoms. The molecule has 0 aromatic rings. The summed E-state index contributed by atoms with van der Waals surface area (Å²) in [4.78, 5) is 11.7. The van der Waals surface area contributed by atoms with Gasteiger partial charge in [0.2, 0.25) is 0 Å². The lowest BCUT2D eigenvalue weighted by molar-refractivity contribution is -0.166. The third-order valence-electron chi connectivity index (χ3n) is 3.21. The van der Waals surface area contributed by atoms with Gasteiger partial charge in [0.05, 0.1) is 25.0 Å². The molecule has 0 aliphatic heterocycles. The SMILES string of the molecule is COC(C[C@@H](O)C(=O)[C@H](O)CC(CC(F)(F)F)OC)CC(F)(F)F. The number of hydrogen-bond donors (Lipinski definition) is 2. The van der Waals surface area contributed by atoms with E-state index in [4.69, 9.17) is 0 Å². The number of methoxy groups -OCH3 is 2. The van der Waals surface area contributed by atoms with Gasteiger partial charge < -0.3 is 19.7 Å². The lowest BCUT2D eigenvalue weighted by atomic mass is 9.98. The number of carbonyl (C=O) groups is 1. The lowest BCUT2D eigenvalue weighted by Gasteiger charge is -2.23. The molecule has 0 saturated carbocycles. The number of aliphatic hydroxyl groups is 2. The molecule has 144 valence electrons. The molecule has 0 radical (unpaired) electrons. The molecule has 0 fully saturated rings. The Morgan fingerprint density at radius 3 is 1.33 bits per heavy atom. The fourth-order valence-corrected chi connectivity index (χ4v) is 1.99. The number of alkyl halides is 6. The Balaban J connectivity index is 4.64. The van der Waals surface area contributed by atoms with E-state index in [1.807, 2.05) is 0 Å². The summed E-state index contributed by atoms with van der Waals surface area (Å²) in [6.45, 7) is 0. The van der Waals surface area contributed by atoms with Gasteiger partial charge in [-0.25, -0.2) is 0 Å². The second-order valence-corrected chi connectivity index (χ2v) is 5.26. The Labute approximate surface area is 134 Å². The Hall–Kier alpha value is -0.910. The van der Waals surface area contributed by atoms with Crippen molar-refractivity contribution >= 4 is 5.78 Å². The Morgan fingerprint density at radius 1 is 0.833 bits per heavy atom. The quantitative estimate of drug-likeness (QED) is 0.576. The maximum absolute atomic E-state index is 12.3. The molecule has 0 aromatic heterocycles.